The van der Waals surface area contributed by atoms with E-state index >= 15 is 0 Å². The van der Waals surface area contributed by atoms with Gasteiger partial charge >= 0.3 is 5.97 Å². The number of carbonyl (C=O) groups is 1. The Labute approximate surface area is 166 Å². The van der Waals surface area contributed by atoms with Crippen LogP contribution in [0.1, 0.15) is 16.7 Å². The highest BCUT2D eigenvalue weighted by atomic mass is 16.5. The highest BCUT2D eigenvalue weighted by Crippen LogP contribution is 2.16. The number of hydrogen-bond acceptors (Lipinski definition) is 4. The Hall–Kier alpha value is -2.98. The van der Waals surface area contributed by atoms with Crippen molar-refractivity contribution in [2.45, 2.75) is 19.5 Å². The van der Waals surface area contributed by atoms with E-state index < -0.39 is 0 Å². The lowest BCUT2D eigenvalue weighted by molar-refractivity contribution is -0.146. The average molecular weight is 374 g/mol. The zero-order chi connectivity index (χ0) is 19.6. The fourth-order valence-electron chi connectivity index (χ4n) is 3.37. The summed E-state index contributed by atoms with van der Waals surface area (Å²) < 4.78 is 5.10. The van der Waals surface area contributed by atoms with Gasteiger partial charge in [-0.1, -0.05) is 66.7 Å². The van der Waals surface area contributed by atoms with Crippen molar-refractivity contribution >= 4 is 5.97 Å². The molecule has 28 heavy (non-hydrogen) atoms. The van der Waals surface area contributed by atoms with Gasteiger partial charge in [-0.15, -0.1) is 0 Å². The molecule has 1 aromatic heterocycles. The summed E-state index contributed by atoms with van der Waals surface area (Å²) in [5.41, 5.74) is 3.49. The summed E-state index contributed by atoms with van der Waals surface area (Å²) in [4.78, 5) is 19.0. The van der Waals surface area contributed by atoms with Crippen molar-refractivity contribution in [3.8, 4) is 0 Å². The molecule has 4 nitrogen and oxygen atoms in total. The first-order valence-electron chi connectivity index (χ1n) is 9.51. The highest BCUT2D eigenvalue weighted by molar-refractivity contribution is 5.73. The molecule has 0 saturated heterocycles. The summed E-state index contributed by atoms with van der Waals surface area (Å²) >= 11 is 0. The van der Waals surface area contributed by atoms with Crippen LogP contribution in [-0.2, 0) is 29.0 Å². The molecule has 1 atom stereocenters. The van der Waals surface area contributed by atoms with Crippen LogP contribution in [0.5, 0.6) is 0 Å². The maximum absolute atomic E-state index is 12.5. The number of nitrogens with zero attached hydrogens (tertiary/aromatic N) is 2. The Kier molecular flexibility index (Phi) is 7.33. The van der Waals surface area contributed by atoms with Crippen molar-refractivity contribution in [3.05, 3.63) is 102 Å². The molecule has 0 fully saturated rings. The van der Waals surface area contributed by atoms with Gasteiger partial charge < -0.3 is 4.74 Å². The first kappa shape index (κ1) is 19.8. The van der Waals surface area contributed by atoms with Gasteiger partial charge in [-0.2, -0.15) is 0 Å². The molecule has 1 heterocycles. The van der Waals surface area contributed by atoms with Gasteiger partial charge in [0.05, 0.1) is 13.0 Å². The van der Waals surface area contributed by atoms with Gasteiger partial charge in [-0.25, -0.2) is 0 Å². The number of rotatable bonds is 9. The molecular weight excluding hydrogens is 348 g/mol. The maximum Gasteiger partial charge on any atom is 0.310 e. The van der Waals surface area contributed by atoms with Crippen LogP contribution < -0.4 is 0 Å². The molecule has 0 aliphatic rings. The molecule has 3 rings (SSSR count). The van der Waals surface area contributed by atoms with Crippen LogP contribution in [0.25, 0.3) is 0 Å². The Morgan fingerprint density at radius 1 is 0.893 bits per heavy atom. The molecule has 0 aliphatic carbocycles. The second-order valence-corrected chi connectivity index (χ2v) is 6.93. The van der Waals surface area contributed by atoms with Gasteiger partial charge in [0.2, 0.25) is 0 Å². The SMILES string of the molecule is COC(=O)[C@@H](Cc1cccnc1)CN(Cc1ccccc1)Cc1ccccc1. The molecule has 4 heteroatoms. The fourth-order valence-corrected chi connectivity index (χ4v) is 3.37. The Bertz CT molecular complexity index is 797. The van der Waals surface area contributed by atoms with E-state index in [9.17, 15) is 4.79 Å². The molecule has 3 aromatic rings. The van der Waals surface area contributed by atoms with E-state index in [1.165, 1.54) is 18.2 Å². The van der Waals surface area contributed by atoms with E-state index in [-0.39, 0.29) is 11.9 Å². The molecule has 0 amide bonds. The standard InChI is InChI=1S/C24H26N2O2/c1-28-24(27)23(15-22-13-8-14-25-16-22)19-26(17-20-9-4-2-5-10-20)18-21-11-6-3-7-12-21/h2-14,16,23H,15,17-19H2,1H3/t23-/m0/s1. The van der Waals surface area contributed by atoms with Crippen molar-refractivity contribution in [2.75, 3.05) is 13.7 Å². The predicted molar refractivity (Wildman–Crippen MR) is 110 cm³/mol. The Balaban J connectivity index is 1.78. The number of aromatic nitrogens is 1. The number of esters is 1. The van der Waals surface area contributed by atoms with E-state index in [0.717, 1.165) is 18.7 Å². The zero-order valence-electron chi connectivity index (χ0n) is 16.2. The van der Waals surface area contributed by atoms with Crippen LogP contribution in [0.15, 0.2) is 85.2 Å². The topological polar surface area (TPSA) is 42.4 Å². The maximum atomic E-state index is 12.5. The second-order valence-electron chi connectivity index (χ2n) is 6.93. The number of hydrogen-bond donors (Lipinski definition) is 0. The summed E-state index contributed by atoms with van der Waals surface area (Å²) in [7, 11) is 1.46. The average Bonchev–Trinajstić information content (AvgIpc) is 2.75. The van der Waals surface area contributed by atoms with Gasteiger partial charge in [-0.3, -0.25) is 14.7 Å². The predicted octanol–water partition coefficient (Wildman–Crippen LogP) is 4.12. The summed E-state index contributed by atoms with van der Waals surface area (Å²) in [6, 6.07) is 24.6. The second kappa shape index (κ2) is 10.4. The highest BCUT2D eigenvalue weighted by Gasteiger charge is 2.23. The molecule has 0 radical (unpaired) electrons. The minimum absolute atomic E-state index is 0.185. The van der Waals surface area contributed by atoms with Crippen molar-refractivity contribution in [1.29, 1.82) is 0 Å². The normalized spacial score (nSPS) is 11.9. The first-order valence-corrected chi connectivity index (χ1v) is 9.51. The number of ether oxygens (including phenoxy) is 1. The number of benzene rings is 2. The summed E-state index contributed by atoms with van der Waals surface area (Å²) in [5.74, 6) is -0.434. The quantitative estimate of drug-likeness (QED) is 0.529. The van der Waals surface area contributed by atoms with Crippen LogP contribution in [0.3, 0.4) is 0 Å². The summed E-state index contributed by atoms with van der Waals surface area (Å²) in [5, 5.41) is 0. The van der Waals surface area contributed by atoms with Crippen LogP contribution in [0.2, 0.25) is 0 Å². The molecule has 0 unspecified atom stereocenters. The van der Waals surface area contributed by atoms with Gasteiger partial charge in [-0.05, 0) is 29.2 Å². The van der Waals surface area contributed by atoms with Crippen molar-refractivity contribution in [2.24, 2.45) is 5.92 Å². The minimum Gasteiger partial charge on any atom is -0.469 e. The van der Waals surface area contributed by atoms with Gasteiger partial charge in [0.15, 0.2) is 0 Å². The molecule has 0 bridgehead atoms. The van der Waals surface area contributed by atoms with Gasteiger partial charge in [0.25, 0.3) is 0 Å². The largest absolute Gasteiger partial charge is 0.469 e. The fraction of sp³-hybridized carbons (Fsp3) is 0.250. The summed E-state index contributed by atoms with van der Waals surface area (Å²) in [6.07, 6.45) is 4.17. The van der Waals surface area contributed by atoms with E-state index in [4.69, 9.17) is 4.74 Å². The van der Waals surface area contributed by atoms with Gasteiger partial charge in [0.1, 0.15) is 0 Å². The molecule has 0 N–H and O–H groups in total. The Morgan fingerprint density at radius 2 is 1.46 bits per heavy atom. The Morgan fingerprint density at radius 3 is 1.96 bits per heavy atom. The van der Waals surface area contributed by atoms with E-state index in [0.29, 0.717) is 13.0 Å². The molecule has 0 saturated carbocycles. The lowest BCUT2D eigenvalue weighted by Crippen LogP contribution is -2.34. The van der Waals surface area contributed by atoms with Crippen LogP contribution in [-0.4, -0.2) is 29.5 Å². The smallest absolute Gasteiger partial charge is 0.310 e. The van der Waals surface area contributed by atoms with Gasteiger partial charge in [0, 0.05) is 32.0 Å². The zero-order valence-corrected chi connectivity index (χ0v) is 16.2. The molecule has 0 aliphatic heterocycles. The first-order chi connectivity index (χ1) is 13.7. The number of methoxy groups -OCH3 is 1. The lowest BCUT2D eigenvalue weighted by atomic mass is 9.99. The molecule has 0 spiro atoms. The molecular formula is C24H26N2O2. The van der Waals surface area contributed by atoms with Crippen molar-refractivity contribution in [3.63, 3.8) is 0 Å². The minimum atomic E-state index is -0.248. The third-order valence-corrected chi connectivity index (χ3v) is 4.72. The van der Waals surface area contributed by atoms with E-state index in [1.54, 1.807) is 6.20 Å². The molecule has 144 valence electrons. The molecule has 2 aromatic carbocycles. The van der Waals surface area contributed by atoms with Crippen molar-refractivity contribution in [1.82, 2.24) is 9.88 Å². The van der Waals surface area contributed by atoms with Crippen LogP contribution in [0.4, 0.5) is 0 Å². The lowest BCUT2D eigenvalue weighted by Gasteiger charge is -2.27. The van der Waals surface area contributed by atoms with Crippen molar-refractivity contribution < 1.29 is 9.53 Å². The third-order valence-electron chi connectivity index (χ3n) is 4.72. The summed E-state index contributed by atoms with van der Waals surface area (Å²) in [6.45, 7) is 2.16. The third kappa shape index (κ3) is 6.03. The van der Waals surface area contributed by atoms with Crippen LogP contribution >= 0.6 is 0 Å². The van der Waals surface area contributed by atoms with E-state index in [2.05, 4.69) is 34.1 Å². The number of pyridine rings is 1. The van der Waals surface area contributed by atoms with Crippen LogP contribution in [0, 0.1) is 5.92 Å². The monoisotopic (exact) mass is 374 g/mol. The van der Waals surface area contributed by atoms with E-state index in [1.807, 2.05) is 54.7 Å². The number of carbonyl (C=O) groups excluding carboxylic acids is 1.